The number of carboxylic acids is 1. The van der Waals surface area contributed by atoms with E-state index in [4.69, 9.17) is 16.3 Å². The fraction of sp³-hybridized carbons (Fsp3) is 0.562. The van der Waals surface area contributed by atoms with Crippen molar-refractivity contribution in [1.29, 1.82) is 0 Å². The number of benzene rings is 1. The molecule has 2 atom stereocenters. The van der Waals surface area contributed by atoms with E-state index in [1.165, 1.54) is 5.56 Å². The van der Waals surface area contributed by atoms with Gasteiger partial charge in [0.25, 0.3) is 0 Å². The van der Waals surface area contributed by atoms with Gasteiger partial charge in [0.15, 0.2) is 0 Å². The van der Waals surface area contributed by atoms with Gasteiger partial charge in [0.2, 0.25) is 0 Å². The molecule has 21 heavy (non-hydrogen) atoms. The van der Waals surface area contributed by atoms with Gasteiger partial charge in [0.1, 0.15) is 0 Å². The average molecular weight is 310 g/mol. The molecule has 0 spiro atoms. The number of carboxylic acid groups (broad SMARTS) is 1. The Balaban J connectivity index is 1.78. The van der Waals surface area contributed by atoms with Gasteiger partial charge < -0.3 is 9.84 Å². The minimum Gasteiger partial charge on any atom is -0.481 e. The monoisotopic (exact) mass is 309 g/mol. The van der Waals surface area contributed by atoms with Gasteiger partial charge >= 0.3 is 5.97 Å². The Bertz CT molecular complexity index is 562. The zero-order chi connectivity index (χ0) is 15.0. The summed E-state index contributed by atoms with van der Waals surface area (Å²) in [6.45, 7) is 5.32. The summed E-state index contributed by atoms with van der Waals surface area (Å²) >= 11 is 5.99. The second-order valence-corrected chi connectivity index (χ2v) is 6.66. The van der Waals surface area contributed by atoms with Crippen molar-refractivity contribution in [1.82, 2.24) is 4.90 Å². The number of nitrogens with zero attached hydrogens (tertiary/aromatic N) is 1. The third-order valence-electron chi connectivity index (χ3n) is 4.90. The number of hydrogen-bond acceptors (Lipinski definition) is 3. The fourth-order valence-electron chi connectivity index (χ4n) is 3.60. The summed E-state index contributed by atoms with van der Waals surface area (Å²) < 4.78 is 5.49. The highest BCUT2D eigenvalue weighted by Gasteiger charge is 2.53. The molecular formula is C16H20ClNO3. The number of ether oxygens (including phenoxy) is 1. The lowest BCUT2D eigenvalue weighted by Crippen LogP contribution is -2.44. The molecule has 2 saturated heterocycles. The van der Waals surface area contributed by atoms with Gasteiger partial charge in [-0.15, -0.1) is 0 Å². The Morgan fingerprint density at radius 2 is 2.38 bits per heavy atom. The zero-order valence-electron chi connectivity index (χ0n) is 12.1. The number of rotatable bonds is 3. The first-order valence-electron chi connectivity index (χ1n) is 7.30. The first kappa shape index (κ1) is 14.8. The molecule has 2 fully saturated rings. The molecule has 0 bridgehead atoms. The van der Waals surface area contributed by atoms with Crippen molar-refractivity contribution in [3.8, 4) is 0 Å². The van der Waals surface area contributed by atoms with E-state index in [1.54, 1.807) is 0 Å². The molecule has 1 aromatic carbocycles. The number of likely N-dealkylation sites (tertiary alicyclic amines) is 1. The van der Waals surface area contributed by atoms with E-state index >= 15 is 0 Å². The smallest absolute Gasteiger partial charge is 0.311 e. The van der Waals surface area contributed by atoms with Crippen LogP contribution in [0.15, 0.2) is 18.2 Å². The number of aryl methyl sites for hydroxylation is 1. The van der Waals surface area contributed by atoms with Crippen LogP contribution in [0.2, 0.25) is 5.02 Å². The third kappa shape index (κ3) is 2.68. The van der Waals surface area contributed by atoms with Crippen LogP contribution in [0.5, 0.6) is 0 Å². The number of fused-ring (bicyclic) bond motifs is 1. The summed E-state index contributed by atoms with van der Waals surface area (Å²) in [7, 11) is 0. The molecule has 1 aromatic rings. The van der Waals surface area contributed by atoms with Gasteiger partial charge in [-0.3, -0.25) is 9.69 Å². The molecule has 5 heteroatoms. The summed E-state index contributed by atoms with van der Waals surface area (Å²) in [5.74, 6) is -0.581. The van der Waals surface area contributed by atoms with E-state index in [1.807, 2.05) is 25.1 Å². The van der Waals surface area contributed by atoms with Crippen molar-refractivity contribution in [2.24, 2.45) is 11.3 Å². The number of aliphatic carboxylic acids is 1. The summed E-state index contributed by atoms with van der Waals surface area (Å²) in [6.07, 6.45) is 0.614. The maximum Gasteiger partial charge on any atom is 0.311 e. The van der Waals surface area contributed by atoms with Gasteiger partial charge in [-0.05, 0) is 36.6 Å². The van der Waals surface area contributed by atoms with Crippen LogP contribution in [0.4, 0.5) is 0 Å². The van der Waals surface area contributed by atoms with E-state index < -0.39 is 11.4 Å². The number of hydrogen-bond donors (Lipinski definition) is 1. The lowest BCUT2D eigenvalue weighted by Gasteiger charge is -2.34. The predicted octanol–water partition coefficient (Wildman–Crippen LogP) is 2.57. The second-order valence-electron chi connectivity index (χ2n) is 6.22. The van der Waals surface area contributed by atoms with E-state index in [0.29, 0.717) is 26.2 Å². The van der Waals surface area contributed by atoms with Crippen LogP contribution in [-0.4, -0.2) is 42.3 Å². The van der Waals surface area contributed by atoms with Gasteiger partial charge in [-0.25, -0.2) is 0 Å². The van der Waals surface area contributed by atoms with Crippen molar-refractivity contribution in [2.75, 3.05) is 26.3 Å². The normalized spacial score (nSPS) is 29.3. The van der Waals surface area contributed by atoms with Crippen LogP contribution >= 0.6 is 11.6 Å². The van der Waals surface area contributed by atoms with Gasteiger partial charge in [-0.1, -0.05) is 17.7 Å². The molecule has 0 aliphatic carbocycles. The molecular weight excluding hydrogens is 290 g/mol. The quantitative estimate of drug-likeness (QED) is 0.932. The van der Waals surface area contributed by atoms with E-state index in [-0.39, 0.29) is 5.92 Å². The van der Waals surface area contributed by atoms with Crippen LogP contribution in [0, 0.1) is 18.3 Å². The minimum atomic E-state index is -0.675. The fourth-order valence-corrected chi connectivity index (χ4v) is 3.83. The highest BCUT2D eigenvalue weighted by atomic mass is 35.5. The minimum absolute atomic E-state index is 0.0938. The maximum absolute atomic E-state index is 11.8. The van der Waals surface area contributed by atoms with Crippen LogP contribution in [0.1, 0.15) is 17.5 Å². The largest absolute Gasteiger partial charge is 0.481 e. The third-order valence-corrected chi connectivity index (χ3v) is 5.14. The van der Waals surface area contributed by atoms with Gasteiger partial charge in [0, 0.05) is 37.2 Å². The Hall–Kier alpha value is -1.10. The Kier molecular flexibility index (Phi) is 3.95. The lowest BCUT2D eigenvalue weighted by molar-refractivity contribution is -0.157. The molecule has 2 aliphatic rings. The molecule has 114 valence electrons. The standard InChI is InChI=1S/C16H20ClNO3/c1-11-6-14(17)3-2-12(11)7-18-8-13-9-21-5-4-16(13,10-18)15(19)20/h2-3,6,13H,4-5,7-10H2,1H3,(H,19,20)/t13-,16+/m1/s1. The first-order valence-corrected chi connectivity index (χ1v) is 7.67. The topological polar surface area (TPSA) is 49.8 Å². The molecule has 0 unspecified atom stereocenters. The van der Waals surface area contributed by atoms with Crippen molar-refractivity contribution in [3.63, 3.8) is 0 Å². The molecule has 0 saturated carbocycles. The SMILES string of the molecule is Cc1cc(Cl)ccc1CN1C[C@@H]2COCC[C@]2(C(=O)O)C1. The highest BCUT2D eigenvalue weighted by Crippen LogP contribution is 2.43. The molecule has 2 heterocycles. The van der Waals surface area contributed by atoms with Gasteiger partial charge in [-0.2, -0.15) is 0 Å². The van der Waals surface area contributed by atoms with Gasteiger partial charge in [0.05, 0.1) is 12.0 Å². The lowest BCUT2D eigenvalue weighted by atomic mass is 9.74. The summed E-state index contributed by atoms with van der Waals surface area (Å²) in [4.78, 5) is 14.0. The Morgan fingerprint density at radius 3 is 3.05 bits per heavy atom. The van der Waals surface area contributed by atoms with E-state index in [0.717, 1.165) is 23.7 Å². The summed E-state index contributed by atoms with van der Waals surface area (Å²) in [5.41, 5.74) is 1.73. The number of halogens is 1. The Morgan fingerprint density at radius 1 is 1.57 bits per heavy atom. The predicted molar refractivity (Wildman–Crippen MR) is 80.5 cm³/mol. The molecule has 3 rings (SSSR count). The number of carbonyl (C=O) groups is 1. The summed E-state index contributed by atoms with van der Waals surface area (Å²) in [6, 6.07) is 5.88. The van der Waals surface area contributed by atoms with Crippen LogP contribution in [0.25, 0.3) is 0 Å². The van der Waals surface area contributed by atoms with Crippen LogP contribution in [-0.2, 0) is 16.1 Å². The van der Waals surface area contributed by atoms with Crippen molar-refractivity contribution >= 4 is 17.6 Å². The van der Waals surface area contributed by atoms with E-state index in [9.17, 15) is 9.90 Å². The van der Waals surface area contributed by atoms with Crippen LogP contribution in [0.3, 0.4) is 0 Å². The van der Waals surface area contributed by atoms with Crippen molar-refractivity contribution < 1.29 is 14.6 Å². The van der Waals surface area contributed by atoms with Crippen LogP contribution < -0.4 is 0 Å². The molecule has 1 N–H and O–H groups in total. The van der Waals surface area contributed by atoms with E-state index in [2.05, 4.69) is 4.90 Å². The molecule has 2 aliphatic heterocycles. The molecule has 0 aromatic heterocycles. The summed E-state index contributed by atoms with van der Waals surface area (Å²) in [5, 5.41) is 10.4. The highest BCUT2D eigenvalue weighted by molar-refractivity contribution is 6.30. The van der Waals surface area contributed by atoms with Crippen molar-refractivity contribution in [2.45, 2.75) is 19.9 Å². The first-order chi connectivity index (χ1) is 10.0. The maximum atomic E-state index is 11.8. The zero-order valence-corrected chi connectivity index (χ0v) is 12.9. The average Bonchev–Trinajstić information content (AvgIpc) is 2.81. The Labute approximate surface area is 129 Å². The molecule has 0 amide bonds. The second kappa shape index (κ2) is 5.59. The van der Waals surface area contributed by atoms with Crippen molar-refractivity contribution in [3.05, 3.63) is 34.3 Å². The molecule has 0 radical (unpaired) electrons. The molecule has 4 nitrogen and oxygen atoms in total.